The Morgan fingerprint density at radius 2 is 1.45 bits per heavy atom. The van der Waals surface area contributed by atoms with Gasteiger partial charge in [0.2, 0.25) is 8.32 Å². The molecule has 0 radical (unpaired) electrons. The highest BCUT2D eigenvalue weighted by molar-refractivity contribution is 6.77. The van der Waals surface area contributed by atoms with Gasteiger partial charge in [0.25, 0.3) is 0 Å². The van der Waals surface area contributed by atoms with E-state index in [9.17, 15) is 0 Å². The highest BCUT2D eigenvalue weighted by Gasteiger charge is 2.48. The van der Waals surface area contributed by atoms with Crippen LogP contribution in [0, 0.1) is 5.92 Å². The van der Waals surface area contributed by atoms with Crippen molar-refractivity contribution in [3.8, 4) is 0 Å². The molecule has 0 unspecified atom stereocenters. The Kier molecular flexibility index (Phi) is 11.4. The maximum absolute atomic E-state index is 7.14. The molecule has 0 heterocycles. The third kappa shape index (κ3) is 7.06. The molecule has 1 rings (SSSR count). The van der Waals surface area contributed by atoms with Crippen molar-refractivity contribution < 1.29 is 13.9 Å². The van der Waals surface area contributed by atoms with Gasteiger partial charge in [0, 0.05) is 13.0 Å². The Hall–Kier alpha value is -0.943. The van der Waals surface area contributed by atoms with E-state index in [0.29, 0.717) is 29.8 Å². The van der Waals surface area contributed by atoms with Gasteiger partial charge < -0.3 is 13.9 Å². The van der Waals surface area contributed by atoms with Gasteiger partial charge in [-0.05, 0) is 29.1 Å². The molecular weight excluding hydrogens is 376 g/mol. The van der Waals surface area contributed by atoms with E-state index in [1.54, 1.807) is 7.11 Å². The predicted molar refractivity (Wildman–Crippen MR) is 127 cm³/mol. The fourth-order valence-corrected chi connectivity index (χ4v) is 10.4. The number of hydrogen-bond acceptors (Lipinski definition) is 3. The number of methoxy groups -OCH3 is 1. The Morgan fingerprint density at radius 3 is 1.90 bits per heavy atom. The van der Waals surface area contributed by atoms with E-state index < -0.39 is 8.32 Å². The third-order valence-corrected chi connectivity index (χ3v) is 12.2. The topological polar surface area (TPSA) is 27.7 Å². The quantitative estimate of drug-likeness (QED) is 0.254. The average molecular weight is 421 g/mol. The van der Waals surface area contributed by atoms with E-state index in [4.69, 9.17) is 13.9 Å². The minimum absolute atomic E-state index is 0.0607. The number of hydrogen-bond donors (Lipinski definition) is 0. The molecule has 0 N–H and O–H groups in total. The molecule has 3 nitrogen and oxygen atoms in total. The molecule has 0 amide bonds. The summed E-state index contributed by atoms with van der Waals surface area (Å²) in [5.41, 5.74) is 2.75. The molecule has 1 aromatic carbocycles. The van der Waals surface area contributed by atoms with Gasteiger partial charge in [-0.1, -0.05) is 91.0 Å². The van der Waals surface area contributed by atoms with E-state index >= 15 is 0 Å². The summed E-state index contributed by atoms with van der Waals surface area (Å²) in [5, 5.41) is 0. The number of allylic oxidation sites excluding steroid dienone is 1. The van der Waals surface area contributed by atoms with E-state index in [-0.39, 0.29) is 18.1 Å². The molecule has 0 bridgehead atoms. The van der Waals surface area contributed by atoms with Crippen molar-refractivity contribution in [3.05, 3.63) is 48.0 Å². The summed E-state index contributed by atoms with van der Waals surface area (Å²) in [5.74, 6) is 0.238. The molecule has 0 saturated heterocycles. The summed E-state index contributed by atoms with van der Waals surface area (Å²) >= 11 is 0. The van der Waals surface area contributed by atoms with Gasteiger partial charge in [0.1, 0.15) is 0 Å². The van der Waals surface area contributed by atoms with E-state index in [1.807, 2.05) is 6.07 Å². The lowest BCUT2D eigenvalue weighted by Gasteiger charge is -2.46. The SMILES string of the molecule is CC=C[C@@H](C)[C@H](OCc1ccccc1)[C@H](COC)O[Si](C(C)C)(C(C)C)C(C)C. The molecule has 0 aliphatic heterocycles. The van der Waals surface area contributed by atoms with E-state index in [0.717, 1.165) is 0 Å². The van der Waals surface area contributed by atoms with Gasteiger partial charge >= 0.3 is 0 Å². The van der Waals surface area contributed by atoms with Crippen molar-refractivity contribution in [1.29, 1.82) is 0 Å². The van der Waals surface area contributed by atoms with Gasteiger partial charge in [0.05, 0.1) is 25.4 Å². The molecule has 1 aromatic rings. The second kappa shape index (κ2) is 12.7. The Morgan fingerprint density at radius 1 is 0.897 bits per heavy atom. The first kappa shape index (κ1) is 26.1. The molecule has 4 heteroatoms. The van der Waals surface area contributed by atoms with Crippen LogP contribution in [0.4, 0.5) is 0 Å². The molecule has 166 valence electrons. The molecule has 3 atom stereocenters. The smallest absolute Gasteiger partial charge is 0.201 e. The van der Waals surface area contributed by atoms with Crippen molar-refractivity contribution in [2.24, 2.45) is 5.92 Å². The van der Waals surface area contributed by atoms with Crippen LogP contribution in [0.2, 0.25) is 16.6 Å². The lowest BCUT2D eigenvalue weighted by Crippen LogP contribution is -2.54. The standard InChI is InChI=1S/C25H44O3Si/c1-10-14-22(8)25(27-17-23-15-12-11-13-16-23)24(18-26-9)28-29(19(2)3,20(4)5)21(6)7/h10-16,19-22,24-25H,17-18H2,1-9H3/t22-,24+,25+/m1/s1. The van der Waals surface area contributed by atoms with Gasteiger partial charge in [-0.15, -0.1) is 0 Å². The number of ether oxygens (including phenoxy) is 2. The first-order valence-electron chi connectivity index (χ1n) is 11.2. The van der Waals surface area contributed by atoms with Crippen LogP contribution < -0.4 is 0 Å². The van der Waals surface area contributed by atoms with Crippen LogP contribution in [0.5, 0.6) is 0 Å². The average Bonchev–Trinajstić information content (AvgIpc) is 2.66. The van der Waals surface area contributed by atoms with E-state index in [1.165, 1.54) is 5.56 Å². The minimum Gasteiger partial charge on any atom is -0.408 e. The molecule has 0 aliphatic carbocycles. The highest BCUT2D eigenvalue weighted by atomic mass is 28.4. The Labute approximate surface area is 181 Å². The monoisotopic (exact) mass is 420 g/mol. The summed E-state index contributed by atoms with van der Waals surface area (Å²) in [6.07, 6.45) is 4.17. The maximum atomic E-state index is 7.14. The molecular formula is C25H44O3Si. The number of rotatable bonds is 13. The fourth-order valence-electron chi connectivity index (χ4n) is 4.81. The molecule has 0 fully saturated rings. The first-order chi connectivity index (χ1) is 13.7. The van der Waals surface area contributed by atoms with Crippen molar-refractivity contribution in [3.63, 3.8) is 0 Å². The van der Waals surface area contributed by atoms with Gasteiger partial charge in [0.15, 0.2) is 0 Å². The minimum atomic E-state index is -2.05. The number of benzene rings is 1. The predicted octanol–water partition coefficient (Wildman–Crippen LogP) is 6.99. The van der Waals surface area contributed by atoms with Crippen molar-refractivity contribution >= 4 is 8.32 Å². The summed E-state index contributed by atoms with van der Waals surface area (Å²) in [7, 11) is -0.294. The van der Waals surface area contributed by atoms with Crippen LogP contribution in [-0.2, 0) is 20.5 Å². The molecule has 0 aliphatic rings. The summed E-state index contributed by atoms with van der Waals surface area (Å²) < 4.78 is 19.3. The first-order valence-corrected chi connectivity index (χ1v) is 13.3. The van der Waals surface area contributed by atoms with Gasteiger partial charge in [-0.3, -0.25) is 0 Å². The summed E-state index contributed by atoms with van der Waals surface area (Å²) in [6, 6.07) is 10.4. The largest absolute Gasteiger partial charge is 0.408 e. The molecule has 0 saturated carbocycles. The zero-order valence-electron chi connectivity index (χ0n) is 20.1. The summed E-state index contributed by atoms with van der Waals surface area (Å²) in [4.78, 5) is 0. The molecule has 29 heavy (non-hydrogen) atoms. The van der Waals surface area contributed by atoms with Crippen molar-refractivity contribution in [2.45, 2.75) is 90.8 Å². The van der Waals surface area contributed by atoms with Crippen LogP contribution in [-0.4, -0.2) is 34.2 Å². The molecule has 0 spiro atoms. The normalized spacial score (nSPS) is 16.1. The second-order valence-corrected chi connectivity index (χ2v) is 14.5. The van der Waals surface area contributed by atoms with Crippen LogP contribution >= 0.6 is 0 Å². The Balaban J connectivity index is 3.22. The molecule has 0 aromatic heterocycles. The van der Waals surface area contributed by atoms with Crippen LogP contribution in [0.1, 0.15) is 61.0 Å². The lowest BCUT2D eigenvalue weighted by molar-refractivity contribution is -0.0817. The van der Waals surface area contributed by atoms with Crippen molar-refractivity contribution in [2.75, 3.05) is 13.7 Å². The third-order valence-electron chi connectivity index (χ3n) is 6.06. The maximum Gasteiger partial charge on any atom is 0.201 e. The fraction of sp³-hybridized carbons (Fsp3) is 0.680. The second-order valence-electron chi connectivity index (χ2n) is 9.08. The summed E-state index contributed by atoms with van der Waals surface area (Å²) in [6.45, 7) is 19.3. The van der Waals surface area contributed by atoms with Crippen LogP contribution in [0.25, 0.3) is 0 Å². The van der Waals surface area contributed by atoms with Crippen LogP contribution in [0.3, 0.4) is 0 Å². The zero-order chi connectivity index (χ0) is 22.0. The van der Waals surface area contributed by atoms with Gasteiger partial charge in [-0.2, -0.15) is 0 Å². The highest BCUT2D eigenvalue weighted by Crippen LogP contribution is 2.43. The lowest BCUT2D eigenvalue weighted by atomic mass is 9.99. The zero-order valence-corrected chi connectivity index (χ0v) is 21.1. The van der Waals surface area contributed by atoms with Crippen molar-refractivity contribution in [1.82, 2.24) is 0 Å². The van der Waals surface area contributed by atoms with Crippen LogP contribution in [0.15, 0.2) is 42.5 Å². The Bertz CT molecular complexity index is 561. The van der Waals surface area contributed by atoms with Gasteiger partial charge in [-0.25, -0.2) is 0 Å². The van der Waals surface area contributed by atoms with E-state index in [2.05, 4.69) is 91.8 Å².